The van der Waals surface area contributed by atoms with Gasteiger partial charge in [0.1, 0.15) is 12.4 Å². The number of rotatable bonds is 6. The molecule has 0 spiro atoms. The number of carbonyl (C=O) groups is 1. The Labute approximate surface area is 171 Å². The van der Waals surface area contributed by atoms with Crippen LogP contribution >= 0.6 is 11.6 Å². The van der Waals surface area contributed by atoms with Crippen LogP contribution in [0.3, 0.4) is 0 Å². The first-order valence-electron chi connectivity index (χ1n) is 8.84. The van der Waals surface area contributed by atoms with E-state index in [1.807, 2.05) is 6.07 Å². The third-order valence-corrected chi connectivity index (χ3v) is 4.53. The van der Waals surface area contributed by atoms with E-state index >= 15 is 0 Å². The number of fused-ring (bicyclic) bond motifs is 2. The fourth-order valence-electron chi connectivity index (χ4n) is 2.92. The molecular weight excluding hydrogens is 402 g/mol. The Hall–Kier alpha value is -2.97. The molecule has 9 heteroatoms. The van der Waals surface area contributed by atoms with Gasteiger partial charge < -0.3 is 28.5 Å². The molecule has 0 unspecified atom stereocenters. The van der Waals surface area contributed by atoms with Crippen molar-refractivity contribution in [1.29, 1.82) is 0 Å². The summed E-state index contributed by atoms with van der Waals surface area (Å²) in [4.78, 5) is 17.1. The monoisotopic (exact) mass is 419 g/mol. The highest BCUT2D eigenvalue weighted by Crippen LogP contribution is 2.33. The van der Waals surface area contributed by atoms with Gasteiger partial charge in [0.25, 0.3) is 0 Å². The van der Waals surface area contributed by atoms with E-state index < -0.39 is 5.97 Å². The molecule has 29 heavy (non-hydrogen) atoms. The lowest BCUT2D eigenvalue weighted by Gasteiger charge is -2.21. The van der Waals surface area contributed by atoms with Crippen molar-refractivity contribution < 1.29 is 33.3 Å². The lowest BCUT2D eigenvalue weighted by atomic mass is 10.1. The second kappa shape index (κ2) is 8.59. The molecule has 0 saturated heterocycles. The smallest absolute Gasteiger partial charge is 0.347 e. The Morgan fingerprint density at radius 1 is 1.14 bits per heavy atom. The number of nitrogens with zero attached hydrogens (tertiary/aromatic N) is 1. The fourth-order valence-corrected chi connectivity index (χ4v) is 3.18. The second-order valence-electron chi connectivity index (χ2n) is 6.34. The van der Waals surface area contributed by atoms with E-state index in [1.165, 1.54) is 0 Å². The third kappa shape index (κ3) is 4.55. The summed E-state index contributed by atoms with van der Waals surface area (Å²) in [5.41, 5.74) is 2.88. The molecule has 0 fully saturated rings. The van der Waals surface area contributed by atoms with E-state index in [0.29, 0.717) is 40.2 Å². The molecular formula is C20H18ClNO7. The maximum Gasteiger partial charge on any atom is 0.347 e. The topological polar surface area (TPSA) is 84.8 Å². The predicted molar refractivity (Wildman–Crippen MR) is 102 cm³/mol. The number of ether oxygens (including phenoxy) is 5. The average molecular weight is 420 g/mol. The predicted octanol–water partition coefficient (Wildman–Crippen LogP) is 3.42. The molecule has 0 radical (unpaired) electrons. The highest BCUT2D eigenvalue weighted by atomic mass is 35.5. The quantitative estimate of drug-likeness (QED) is 0.403. The van der Waals surface area contributed by atoms with Crippen LogP contribution in [0.5, 0.6) is 17.2 Å². The highest BCUT2D eigenvalue weighted by Gasteiger charge is 2.18. The van der Waals surface area contributed by atoms with E-state index in [9.17, 15) is 4.79 Å². The maximum atomic E-state index is 12.0. The summed E-state index contributed by atoms with van der Waals surface area (Å²) in [6.07, 6.45) is 0. The van der Waals surface area contributed by atoms with Gasteiger partial charge in [-0.3, -0.25) is 0 Å². The van der Waals surface area contributed by atoms with Gasteiger partial charge in [-0.1, -0.05) is 16.8 Å². The van der Waals surface area contributed by atoms with E-state index in [0.717, 1.165) is 11.1 Å². The van der Waals surface area contributed by atoms with Crippen molar-refractivity contribution >= 4 is 23.3 Å². The molecule has 152 valence electrons. The zero-order valence-electron chi connectivity index (χ0n) is 15.6. The summed E-state index contributed by atoms with van der Waals surface area (Å²) in [6, 6.07) is 8.89. The third-order valence-electron chi connectivity index (χ3n) is 4.31. The standard InChI is InChI=1S/C20H18ClNO7/c1-12(13-2-3-17-18(6-13)27-11-26-17)22-29-9-19(23)25-8-15-5-16(21)4-14-7-24-10-28-20(14)15/h2-6H,7-11H2,1H3/b22-12+. The summed E-state index contributed by atoms with van der Waals surface area (Å²) in [7, 11) is 0. The first-order chi connectivity index (χ1) is 14.1. The van der Waals surface area contributed by atoms with E-state index in [2.05, 4.69) is 5.16 Å². The van der Waals surface area contributed by atoms with Gasteiger partial charge in [0.2, 0.25) is 13.4 Å². The minimum atomic E-state index is -0.562. The Balaban J connectivity index is 1.30. The normalized spacial score (nSPS) is 14.8. The zero-order chi connectivity index (χ0) is 20.2. The molecule has 0 amide bonds. The largest absolute Gasteiger partial charge is 0.467 e. The van der Waals surface area contributed by atoms with Crippen LogP contribution in [0, 0.1) is 0 Å². The van der Waals surface area contributed by atoms with Crippen molar-refractivity contribution in [1.82, 2.24) is 0 Å². The van der Waals surface area contributed by atoms with Crippen molar-refractivity contribution in [3.05, 3.63) is 52.0 Å². The van der Waals surface area contributed by atoms with Crippen molar-refractivity contribution in [2.45, 2.75) is 20.1 Å². The summed E-state index contributed by atoms with van der Waals surface area (Å²) < 4.78 is 26.6. The van der Waals surface area contributed by atoms with Crippen molar-refractivity contribution in [2.24, 2.45) is 5.16 Å². The van der Waals surface area contributed by atoms with Crippen LogP contribution in [0.4, 0.5) is 0 Å². The van der Waals surface area contributed by atoms with Gasteiger partial charge >= 0.3 is 5.97 Å². The SMILES string of the molecule is C/C(=N\OCC(=O)OCc1cc(Cl)cc2c1OCOC2)c1ccc2c(c1)OCO2. The molecule has 8 nitrogen and oxygen atoms in total. The van der Waals surface area contributed by atoms with Crippen molar-refractivity contribution in [3.63, 3.8) is 0 Å². The van der Waals surface area contributed by atoms with Gasteiger partial charge in [0.05, 0.1) is 12.3 Å². The highest BCUT2D eigenvalue weighted by molar-refractivity contribution is 6.30. The van der Waals surface area contributed by atoms with Gasteiger partial charge in [-0.05, 0) is 37.3 Å². The van der Waals surface area contributed by atoms with Gasteiger partial charge in [-0.25, -0.2) is 4.79 Å². The van der Waals surface area contributed by atoms with E-state index in [-0.39, 0.29) is 26.8 Å². The number of esters is 1. The molecule has 2 aromatic rings. The molecule has 0 atom stereocenters. The zero-order valence-corrected chi connectivity index (χ0v) is 16.4. The van der Waals surface area contributed by atoms with Gasteiger partial charge in [0, 0.05) is 21.7 Å². The molecule has 4 rings (SSSR count). The first kappa shape index (κ1) is 19.4. The molecule has 2 aliphatic heterocycles. The molecule has 0 aromatic heterocycles. The van der Waals surface area contributed by atoms with E-state index in [1.54, 1.807) is 31.2 Å². The number of benzene rings is 2. The lowest BCUT2D eigenvalue weighted by molar-refractivity contribution is -0.150. The first-order valence-corrected chi connectivity index (χ1v) is 9.22. The van der Waals surface area contributed by atoms with Gasteiger partial charge in [0.15, 0.2) is 18.3 Å². The fraction of sp³-hybridized carbons (Fsp3) is 0.300. The van der Waals surface area contributed by atoms with Crippen molar-refractivity contribution in [2.75, 3.05) is 20.2 Å². The summed E-state index contributed by atoms with van der Waals surface area (Å²) in [5.74, 6) is 1.40. The Morgan fingerprint density at radius 2 is 2.00 bits per heavy atom. The van der Waals surface area contributed by atoms with Crippen LogP contribution in [0.2, 0.25) is 5.02 Å². The van der Waals surface area contributed by atoms with Crippen LogP contribution in [-0.2, 0) is 32.3 Å². The van der Waals surface area contributed by atoms with Gasteiger partial charge in [-0.15, -0.1) is 0 Å². The molecule has 0 aliphatic carbocycles. The number of hydrogen-bond donors (Lipinski definition) is 0. The minimum Gasteiger partial charge on any atom is -0.467 e. The second-order valence-corrected chi connectivity index (χ2v) is 6.78. The van der Waals surface area contributed by atoms with Crippen LogP contribution in [0.25, 0.3) is 0 Å². The lowest BCUT2D eigenvalue weighted by Crippen LogP contribution is -2.15. The Bertz CT molecular complexity index is 960. The van der Waals surface area contributed by atoms with Crippen LogP contribution in [-0.4, -0.2) is 31.9 Å². The number of hydrogen-bond acceptors (Lipinski definition) is 8. The molecule has 0 bridgehead atoms. The van der Waals surface area contributed by atoms with Crippen LogP contribution in [0.1, 0.15) is 23.6 Å². The minimum absolute atomic E-state index is 0.00987. The summed E-state index contributed by atoms with van der Waals surface area (Å²) in [5, 5.41) is 4.47. The molecule has 2 aliphatic rings. The Morgan fingerprint density at radius 3 is 2.90 bits per heavy atom. The van der Waals surface area contributed by atoms with E-state index in [4.69, 9.17) is 40.1 Å². The molecule has 2 aromatic carbocycles. The molecule has 2 heterocycles. The number of carbonyl (C=O) groups excluding carboxylic acids is 1. The summed E-state index contributed by atoms with van der Waals surface area (Å²) >= 11 is 6.10. The van der Waals surface area contributed by atoms with Crippen LogP contribution < -0.4 is 14.2 Å². The summed E-state index contributed by atoms with van der Waals surface area (Å²) in [6.45, 7) is 2.19. The number of halogens is 1. The molecule has 0 N–H and O–H groups in total. The van der Waals surface area contributed by atoms with Crippen LogP contribution in [0.15, 0.2) is 35.5 Å². The van der Waals surface area contributed by atoms with Gasteiger partial charge in [-0.2, -0.15) is 0 Å². The average Bonchev–Trinajstić information content (AvgIpc) is 3.19. The number of oxime groups is 1. The van der Waals surface area contributed by atoms with Crippen molar-refractivity contribution in [3.8, 4) is 17.2 Å². The maximum absolute atomic E-state index is 12.0. The Kier molecular flexibility index (Phi) is 5.73. The molecule has 0 saturated carbocycles.